The van der Waals surface area contributed by atoms with Gasteiger partial charge in [-0.05, 0) is 55.3 Å². The minimum absolute atomic E-state index is 0.0418. The maximum Gasteiger partial charge on any atom is 0.269 e. The van der Waals surface area contributed by atoms with E-state index in [0.29, 0.717) is 33.9 Å². The molecular weight excluding hydrogens is 468 g/mol. The molecule has 0 aliphatic carbocycles. The van der Waals surface area contributed by atoms with Gasteiger partial charge in [-0.2, -0.15) is 0 Å². The highest BCUT2D eigenvalue weighted by Crippen LogP contribution is 2.61. The zero-order chi connectivity index (χ0) is 24.3. The van der Waals surface area contributed by atoms with Crippen LogP contribution in [0, 0.1) is 16.0 Å². The van der Waals surface area contributed by atoms with Crippen molar-refractivity contribution in [1.29, 1.82) is 0 Å². The fourth-order valence-electron chi connectivity index (χ4n) is 6.44. The lowest BCUT2D eigenvalue weighted by Crippen LogP contribution is -2.52. The fraction of sp³-hybridized carbons (Fsp3) is 0.269. The Labute approximate surface area is 206 Å². The Balaban J connectivity index is 1.63. The predicted molar refractivity (Wildman–Crippen MR) is 129 cm³/mol. The molecule has 8 nitrogen and oxygen atoms in total. The van der Waals surface area contributed by atoms with Crippen LogP contribution in [0.3, 0.4) is 0 Å². The van der Waals surface area contributed by atoms with Crippen molar-refractivity contribution in [3.63, 3.8) is 0 Å². The van der Waals surface area contributed by atoms with Gasteiger partial charge in [0.2, 0.25) is 5.91 Å². The molecule has 6 rings (SSSR count). The number of nitro benzene ring substituents is 1. The average molecular weight is 489 g/mol. The number of pyridine rings is 1. The van der Waals surface area contributed by atoms with Gasteiger partial charge in [-0.15, -0.1) is 0 Å². The number of ketones is 1. The normalized spacial score (nSPS) is 27.0. The smallest absolute Gasteiger partial charge is 0.269 e. The van der Waals surface area contributed by atoms with Crippen LogP contribution in [0.5, 0.6) is 0 Å². The largest absolute Gasteiger partial charge is 0.324 e. The molecule has 2 aromatic carbocycles. The summed E-state index contributed by atoms with van der Waals surface area (Å²) in [5.74, 6) is -1.73. The van der Waals surface area contributed by atoms with Crippen LogP contribution in [0.15, 0.2) is 67.0 Å². The summed E-state index contributed by atoms with van der Waals surface area (Å²) in [4.78, 5) is 45.6. The van der Waals surface area contributed by atoms with E-state index < -0.39 is 22.3 Å². The zero-order valence-electron chi connectivity index (χ0n) is 18.6. The number of anilines is 1. The Hall–Kier alpha value is -3.62. The number of fused-ring (bicyclic) bond motifs is 4. The van der Waals surface area contributed by atoms with E-state index in [2.05, 4.69) is 15.2 Å². The van der Waals surface area contributed by atoms with Crippen molar-refractivity contribution in [3.8, 4) is 0 Å². The maximum absolute atomic E-state index is 14.3. The second-order valence-electron chi connectivity index (χ2n) is 9.27. The van der Waals surface area contributed by atoms with Gasteiger partial charge in [0, 0.05) is 58.3 Å². The fourth-order valence-corrected chi connectivity index (χ4v) is 6.61. The lowest BCUT2D eigenvalue weighted by atomic mass is 9.69. The molecule has 4 atom stereocenters. The van der Waals surface area contributed by atoms with Gasteiger partial charge in [-0.25, -0.2) is 0 Å². The minimum atomic E-state index is -1.27. The quantitative estimate of drug-likeness (QED) is 0.328. The number of nitrogens with zero attached hydrogens (tertiary/aromatic N) is 3. The van der Waals surface area contributed by atoms with Crippen molar-refractivity contribution in [2.45, 2.75) is 30.3 Å². The van der Waals surface area contributed by atoms with Gasteiger partial charge >= 0.3 is 0 Å². The SMILES string of the molecule is O=C(c1cccnc1)[C@@H]1[C@H](c2cccc([N+](=O)[O-])c2)[C@@H]2CCCN2[C@]12C(=O)Nc1ccc(Cl)cc12. The number of amides is 1. The molecule has 176 valence electrons. The summed E-state index contributed by atoms with van der Waals surface area (Å²) in [6.45, 7) is 0.631. The molecule has 1 amide bonds. The number of rotatable bonds is 4. The number of carbonyl (C=O) groups excluding carboxylic acids is 2. The summed E-state index contributed by atoms with van der Waals surface area (Å²) < 4.78 is 0. The van der Waals surface area contributed by atoms with Crippen molar-refractivity contribution in [3.05, 3.63) is 98.8 Å². The van der Waals surface area contributed by atoms with Crippen LogP contribution in [-0.4, -0.2) is 39.1 Å². The van der Waals surface area contributed by atoms with Crippen molar-refractivity contribution in [1.82, 2.24) is 9.88 Å². The number of carbonyl (C=O) groups is 2. The number of aromatic nitrogens is 1. The molecular formula is C26H21ClN4O4. The van der Waals surface area contributed by atoms with Crippen molar-refractivity contribution in [2.75, 3.05) is 11.9 Å². The number of non-ortho nitro benzene ring substituents is 1. The summed E-state index contributed by atoms with van der Waals surface area (Å²) in [6, 6.07) is 14.9. The molecule has 1 spiro atoms. The molecule has 2 saturated heterocycles. The highest BCUT2D eigenvalue weighted by atomic mass is 35.5. The Kier molecular flexibility index (Phi) is 4.98. The molecule has 4 heterocycles. The molecule has 2 fully saturated rings. The number of nitro groups is 1. The third-order valence-corrected chi connectivity index (χ3v) is 7.89. The Morgan fingerprint density at radius 2 is 2.06 bits per heavy atom. The molecule has 1 N–H and O–H groups in total. The second kappa shape index (κ2) is 7.96. The summed E-state index contributed by atoms with van der Waals surface area (Å²) in [7, 11) is 0. The van der Waals surface area contributed by atoms with Gasteiger partial charge in [0.1, 0.15) is 5.54 Å². The molecule has 0 saturated carbocycles. The summed E-state index contributed by atoms with van der Waals surface area (Å²) in [5, 5.41) is 15.0. The Morgan fingerprint density at radius 3 is 2.83 bits per heavy atom. The molecule has 0 unspecified atom stereocenters. The van der Waals surface area contributed by atoms with E-state index in [9.17, 15) is 19.7 Å². The molecule has 0 bridgehead atoms. The molecule has 3 aromatic rings. The maximum atomic E-state index is 14.3. The van der Waals surface area contributed by atoms with Gasteiger partial charge in [0.15, 0.2) is 5.78 Å². The van der Waals surface area contributed by atoms with Crippen LogP contribution < -0.4 is 5.32 Å². The number of hydrogen-bond acceptors (Lipinski definition) is 6. The molecule has 0 radical (unpaired) electrons. The third-order valence-electron chi connectivity index (χ3n) is 7.66. The highest BCUT2D eigenvalue weighted by molar-refractivity contribution is 6.31. The summed E-state index contributed by atoms with van der Waals surface area (Å²) >= 11 is 6.40. The van der Waals surface area contributed by atoms with Crippen LogP contribution in [0.25, 0.3) is 0 Å². The number of halogens is 1. The van der Waals surface area contributed by atoms with E-state index >= 15 is 0 Å². The van der Waals surface area contributed by atoms with E-state index in [4.69, 9.17) is 11.6 Å². The van der Waals surface area contributed by atoms with Crippen LogP contribution in [-0.2, 0) is 10.3 Å². The van der Waals surface area contributed by atoms with E-state index in [1.807, 2.05) is 6.07 Å². The minimum Gasteiger partial charge on any atom is -0.324 e. The summed E-state index contributed by atoms with van der Waals surface area (Å²) in [5.41, 5.74) is 1.07. The standard InChI is InChI=1S/C26H21ClN4O4/c27-17-8-9-20-19(13-17)26(25(33)29-20)23(24(32)16-5-2-10-28-14-16)22(21-7-3-11-30(21)26)15-4-1-6-18(12-15)31(34)35/h1-2,4-6,8-10,12-14,21-23H,3,7,11H2,(H,29,33)/t21-,22+,23-,26-/m0/s1. The predicted octanol–water partition coefficient (Wildman–Crippen LogP) is 4.55. The molecule has 9 heteroatoms. The monoisotopic (exact) mass is 488 g/mol. The lowest BCUT2D eigenvalue weighted by molar-refractivity contribution is -0.384. The molecule has 1 aromatic heterocycles. The molecule has 3 aliphatic rings. The third kappa shape index (κ3) is 3.06. The van der Waals surface area contributed by atoms with Gasteiger partial charge in [-0.1, -0.05) is 23.7 Å². The van der Waals surface area contributed by atoms with Gasteiger partial charge < -0.3 is 5.32 Å². The van der Waals surface area contributed by atoms with Gasteiger partial charge in [0.05, 0.1) is 10.8 Å². The van der Waals surface area contributed by atoms with E-state index in [1.54, 1.807) is 42.6 Å². The van der Waals surface area contributed by atoms with Crippen molar-refractivity contribution in [2.24, 2.45) is 5.92 Å². The Bertz CT molecular complexity index is 1380. The van der Waals surface area contributed by atoms with E-state index in [1.165, 1.54) is 18.3 Å². The van der Waals surface area contributed by atoms with E-state index in [-0.39, 0.29) is 23.4 Å². The first-order chi connectivity index (χ1) is 16.9. The molecule has 35 heavy (non-hydrogen) atoms. The van der Waals surface area contributed by atoms with Crippen molar-refractivity contribution < 1.29 is 14.5 Å². The summed E-state index contributed by atoms with van der Waals surface area (Å²) in [6.07, 6.45) is 4.73. The van der Waals surface area contributed by atoms with Gasteiger partial charge in [0.25, 0.3) is 5.69 Å². The topological polar surface area (TPSA) is 105 Å². The highest BCUT2D eigenvalue weighted by Gasteiger charge is 2.69. The van der Waals surface area contributed by atoms with E-state index in [0.717, 1.165) is 12.8 Å². The average Bonchev–Trinajstić information content (AvgIpc) is 3.52. The van der Waals surface area contributed by atoms with Crippen LogP contribution in [0.1, 0.15) is 40.2 Å². The number of nitrogens with one attached hydrogen (secondary N) is 1. The van der Waals surface area contributed by atoms with Crippen molar-refractivity contribution >= 4 is 34.7 Å². The second-order valence-corrected chi connectivity index (χ2v) is 9.71. The first kappa shape index (κ1) is 21.9. The first-order valence-corrected chi connectivity index (χ1v) is 11.9. The lowest BCUT2D eigenvalue weighted by Gasteiger charge is -2.36. The number of Topliss-reactive ketones (excluding diaryl/α,β-unsaturated/α-hetero) is 1. The number of benzene rings is 2. The number of hydrogen-bond donors (Lipinski definition) is 1. The molecule has 3 aliphatic heterocycles. The van der Waals surface area contributed by atoms with Gasteiger partial charge in [-0.3, -0.25) is 29.6 Å². The van der Waals surface area contributed by atoms with Crippen LogP contribution >= 0.6 is 11.6 Å². The first-order valence-electron chi connectivity index (χ1n) is 11.5. The van der Waals surface area contributed by atoms with Crippen LogP contribution in [0.4, 0.5) is 11.4 Å². The zero-order valence-corrected chi connectivity index (χ0v) is 19.3. The Morgan fingerprint density at radius 1 is 1.20 bits per heavy atom. The van der Waals surface area contributed by atoms with Crippen LogP contribution in [0.2, 0.25) is 5.02 Å².